The number of rotatable bonds is 4. The molecule has 0 saturated carbocycles. The predicted octanol–water partition coefficient (Wildman–Crippen LogP) is 4.86. The van der Waals surface area contributed by atoms with Gasteiger partial charge in [-0.15, -0.1) is 0 Å². The van der Waals surface area contributed by atoms with Crippen LogP contribution in [0, 0.1) is 13.8 Å². The summed E-state index contributed by atoms with van der Waals surface area (Å²) in [5, 5.41) is 0. The van der Waals surface area contributed by atoms with Gasteiger partial charge in [-0.25, -0.2) is 0 Å². The van der Waals surface area contributed by atoms with E-state index in [1.807, 2.05) is 0 Å². The van der Waals surface area contributed by atoms with Crippen molar-refractivity contribution in [1.29, 1.82) is 0 Å². The first-order valence-electron chi connectivity index (χ1n) is 6.71. The van der Waals surface area contributed by atoms with Crippen LogP contribution in [0.3, 0.4) is 0 Å². The van der Waals surface area contributed by atoms with Crippen molar-refractivity contribution in [3.8, 4) is 0 Å². The van der Waals surface area contributed by atoms with Crippen LogP contribution in [0.2, 0.25) is 0 Å². The summed E-state index contributed by atoms with van der Waals surface area (Å²) in [6, 6.07) is 15.3. The topological polar surface area (TPSA) is 26.0 Å². The van der Waals surface area contributed by atoms with E-state index in [0.717, 1.165) is 6.42 Å². The summed E-state index contributed by atoms with van der Waals surface area (Å²) in [4.78, 5) is 2.55. The quantitative estimate of drug-likeness (QED) is 0.859. The molecule has 100 valence electrons. The SMILES string of the molecule is CC[C@H](N)c1ccc(Sc2ccc(C)c(C)c2)cc1. The molecule has 0 aromatic heterocycles. The van der Waals surface area contributed by atoms with Crippen molar-refractivity contribution in [3.05, 3.63) is 59.2 Å². The molecule has 0 unspecified atom stereocenters. The lowest BCUT2D eigenvalue weighted by Gasteiger charge is -2.10. The van der Waals surface area contributed by atoms with Crippen LogP contribution in [0.5, 0.6) is 0 Å². The van der Waals surface area contributed by atoms with Crippen molar-refractivity contribution in [3.63, 3.8) is 0 Å². The largest absolute Gasteiger partial charge is 0.324 e. The minimum absolute atomic E-state index is 0.153. The van der Waals surface area contributed by atoms with Gasteiger partial charge in [0.15, 0.2) is 0 Å². The van der Waals surface area contributed by atoms with Gasteiger partial charge < -0.3 is 5.73 Å². The molecule has 0 amide bonds. The van der Waals surface area contributed by atoms with E-state index >= 15 is 0 Å². The van der Waals surface area contributed by atoms with Gasteiger partial charge in [0.2, 0.25) is 0 Å². The molecule has 1 atom stereocenters. The molecule has 0 aliphatic carbocycles. The first-order valence-corrected chi connectivity index (χ1v) is 7.52. The van der Waals surface area contributed by atoms with Crippen LogP contribution in [0.1, 0.15) is 36.1 Å². The van der Waals surface area contributed by atoms with E-state index in [9.17, 15) is 0 Å². The standard InChI is InChI=1S/C17H21NS/c1-4-17(18)14-6-9-15(10-7-14)19-16-8-5-12(2)13(3)11-16/h5-11,17H,4,18H2,1-3H3/t17-/m0/s1. The van der Waals surface area contributed by atoms with Gasteiger partial charge in [0, 0.05) is 15.8 Å². The number of nitrogens with two attached hydrogens (primary N) is 1. The molecule has 0 heterocycles. The Morgan fingerprint density at radius 3 is 2.16 bits per heavy atom. The molecule has 2 N–H and O–H groups in total. The summed E-state index contributed by atoms with van der Waals surface area (Å²) in [7, 11) is 0. The van der Waals surface area contributed by atoms with Gasteiger partial charge in [-0.2, -0.15) is 0 Å². The van der Waals surface area contributed by atoms with Crippen molar-refractivity contribution in [2.24, 2.45) is 5.73 Å². The van der Waals surface area contributed by atoms with Crippen molar-refractivity contribution in [2.75, 3.05) is 0 Å². The molecule has 2 heteroatoms. The van der Waals surface area contributed by atoms with Crippen LogP contribution >= 0.6 is 11.8 Å². The van der Waals surface area contributed by atoms with Gasteiger partial charge in [0.1, 0.15) is 0 Å². The van der Waals surface area contributed by atoms with Crippen molar-refractivity contribution in [1.82, 2.24) is 0 Å². The number of hydrogen-bond acceptors (Lipinski definition) is 2. The minimum atomic E-state index is 0.153. The number of aryl methyl sites for hydroxylation is 2. The fourth-order valence-electron chi connectivity index (χ4n) is 1.93. The molecule has 0 fully saturated rings. The lowest BCUT2D eigenvalue weighted by Crippen LogP contribution is -2.07. The highest BCUT2D eigenvalue weighted by atomic mass is 32.2. The third kappa shape index (κ3) is 3.62. The molecule has 2 aromatic rings. The molecule has 2 rings (SSSR count). The highest BCUT2D eigenvalue weighted by Gasteiger charge is 2.04. The Morgan fingerprint density at radius 1 is 0.947 bits per heavy atom. The molecule has 2 aromatic carbocycles. The van der Waals surface area contributed by atoms with E-state index < -0.39 is 0 Å². The lowest BCUT2D eigenvalue weighted by atomic mass is 10.1. The maximum absolute atomic E-state index is 6.03. The van der Waals surface area contributed by atoms with E-state index in [4.69, 9.17) is 5.73 Å². The Labute approximate surface area is 120 Å². The molecule has 19 heavy (non-hydrogen) atoms. The van der Waals surface area contributed by atoms with Gasteiger partial charge in [-0.1, -0.05) is 36.9 Å². The fourth-order valence-corrected chi connectivity index (χ4v) is 2.85. The molecule has 0 saturated heterocycles. The molecule has 0 aliphatic heterocycles. The molecular weight excluding hydrogens is 250 g/mol. The summed E-state index contributed by atoms with van der Waals surface area (Å²) < 4.78 is 0. The summed E-state index contributed by atoms with van der Waals surface area (Å²) in [6.07, 6.45) is 0.976. The Morgan fingerprint density at radius 2 is 1.58 bits per heavy atom. The maximum Gasteiger partial charge on any atom is 0.0292 e. The molecule has 0 aliphatic rings. The van der Waals surface area contributed by atoms with Crippen LogP contribution in [0.15, 0.2) is 52.3 Å². The normalized spacial score (nSPS) is 12.4. The zero-order valence-electron chi connectivity index (χ0n) is 11.8. The summed E-state index contributed by atoms with van der Waals surface area (Å²) >= 11 is 1.80. The number of hydrogen-bond donors (Lipinski definition) is 1. The Hall–Kier alpha value is -1.25. The first kappa shape index (κ1) is 14.2. The monoisotopic (exact) mass is 271 g/mol. The van der Waals surface area contributed by atoms with Crippen LogP contribution in [0.4, 0.5) is 0 Å². The van der Waals surface area contributed by atoms with E-state index in [1.54, 1.807) is 11.8 Å². The zero-order chi connectivity index (χ0) is 13.8. The van der Waals surface area contributed by atoms with E-state index in [-0.39, 0.29) is 6.04 Å². The fraction of sp³-hybridized carbons (Fsp3) is 0.294. The van der Waals surface area contributed by atoms with Crippen molar-refractivity contribution >= 4 is 11.8 Å². The highest BCUT2D eigenvalue weighted by Crippen LogP contribution is 2.29. The molecule has 0 spiro atoms. The van der Waals surface area contributed by atoms with E-state index in [2.05, 4.69) is 63.2 Å². The maximum atomic E-state index is 6.03. The van der Waals surface area contributed by atoms with Crippen LogP contribution < -0.4 is 5.73 Å². The molecular formula is C17H21NS. The van der Waals surface area contributed by atoms with Gasteiger partial charge >= 0.3 is 0 Å². The molecule has 0 bridgehead atoms. The van der Waals surface area contributed by atoms with Crippen LogP contribution in [-0.2, 0) is 0 Å². The van der Waals surface area contributed by atoms with Crippen molar-refractivity contribution in [2.45, 2.75) is 43.0 Å². The molecule has 0 radical (unpaired) electrons. The van der Waals surface area contributed by atoms with Gasteiger partial charge in [-0.3, -0.25) is 0 Å². The summed E-state index contributed by atoms with van der Waals surface area (Å²) in [5.74, 6) is 0. The minimum Gasteiger partial charge on any atom is -0.324 e. The smallest absolute Gasteiger partial charge is 0.0292 e. The second-order valence-electron chi connectivity index (χ2n) is 4.93. The Kier molecular flexibility index (Phi) is 4.67. The van der Waals surface area contributed by atoms with Crippen LogP contribution in [-0.4, -0.2) is 0 Å². The van der Waals surface area contributed by atoms with Gasteiger partial charge in [0.05, 0.1) is 0 Å². The van der Waals surface area contributed by atoms with Crippen LogP contribution in [0.25, 0.3) is 0 Å². The summed E-state index contributed by atoms with van der Waals surface area (Å²) in [5.41, 5.74) is 9.92. The third-order valence-electron chi connectivity index (χ3n) is 3.46. The zero-order valence-corrected chi connectivity index (χ0v) is 12.6. The summed E-state index contributed by atoms with van der Waals surface area (Å²) in [6.45, 7) is 6.41. The second-order valence-corrected chi connectivity index (χ2v) is 6.08. The van der Waals surface area contributed by atoms with Crippen molar-refractivity contribution < 1.29 is 0 Å². The number of benzene rings is 2. The van der Waals surface area contributed by atoms with E-state index in [0.29, 0.717) is 0 Å². The first-order chi connectivity index (χ1) is 9.10. The Balaban J connectivity index is 2.12. The Bertz CT molecular complexity index is 546. The predicted molar refractivity (Wildman–Crippen MR) is 83.7 cm³/mol. The average Bonchev–Trinajstić information content (AvgIpc) is 2.43. The second kappa shape index (κ2) is 6.27. The highest BCUT2D eigenvalue weighted by molar-refractivity contribution is 7.99. The van der Waals surface area contributed by atoms with E-state index in [1.165, 1.54) is 26.5 Å². The third-order valence-corrected chi connectivity index (χ3v) is 4.46. The van der Waals surface area contributed by atoms with Gasteiger partial charge in [0.25, 0.3) is 0 Å². The van der Waals surface area contributed by atoms with Gasteiger partial charge in [-0.05, 0) is 61.2 Å². The molecule has 1 nitrogen and oxygen atoms in total. The lowest BCUT2D eigenvalue weighted by molar-refractivity contribution is 0.698. The average molecular weight is 271 g/mol.